The summed E-state index contributed by atoms with van der Waals surface area (Å²) in [6.45, 7) is 0. The second-order valence-electron chi connectivity index (χ2n) is 4.58. The minimum atomic E-state index is 0.267. The maximum atomic E-state index is 11.9. The Morgan fingerprint density at radius 3 is 2.89 bits per heavy atom. The van der Waals surface area contributed by atoms with Crippen LogP contribution in [0.5, 0.6) is 0 Å². The normalized spacial score (nSPS) is 14.7. The first-order chi connectivity index (χ1) is 8.68. The number of fused-ring (bicyclic) bond motifs is 1. The second kappa shape index (κ2) is 4.35. The molecule has 0 N–H and O–H groups in total. The van der Waals surface area contributed by atoms with E-state index in [4.69, 9.17) is 0 Å². The van der Waals surface area contributed by atoms with Gasteiger partial charge in [0.2, 0.25) is 0 Å². The van der Waals surface area contributed by atoms with Gasteiger partial charge in [0.05, 0.1) is 0 Å². The Bertz CT molecular complexity index is 631. The molecule has 3 rings (SSSR count). The number of ketones is 1. The van der Waals surface area contributed by atoms with Crippen LogP contribution in [-0.4, -0.2) is 15.3 Å². The molecule has 1 aliphatic rings. The molecule has 0 aliphatic heterocycles. The van der Waals surface area contributed by atoms with E-state index in [9.17, 15) is 4.79 Å². The summed E-state index contributed by atoms with van der Waals surface area (Å²) in [5.74, 6) is 0.267. The summed E-state index contributed by atoms with van der Waals surface area (Å²) in [5, 5.41) is 0. The lowest BCUT2D eigenvalue weighted by molar-refractivity contribution is 0.0972. The second-order valence-corrected chi connectivity index (χ2v) is 5.44. The van der Waals surface area contributed by atoms with Gasteiger partial charge in [0, 0.05) is 52.8 Å². The summed E-state index contributed by atoms with van der Waals surface area (Å²) in [6.07, 6.45) is 6.17. The van der Waals surface area contributed by atoms with E-state index >= 15 is 0 Å². The summed E-state index contributed by atoms with van der Waals surface area (Å²) in [4.78, 5) is 16.0. The average Bonchev–Trinajstić information content (AvgIpc) is 2.70. The van der Waals surface area contributed by atoms with Crippen molar-refractivity contribution in [2.24, 2.45) is 7.05 Å². The molecule has 2 aromatic heterocycles. The highest BCUT2D eigenvalue weighted by Gasteiger charge is 2.23. The van der Waals surface area contributed by atoms with Crippen molar-refractivity contribution in [1.29, 1.82) is 0 Å². The Morgan fingerprint density at radius 1 is 1.33 bits per heavy atom. The zero-order chi connectivity index (χ0) is 12.7. The van der Waals surface area contributed by atoms with Crippen molar-refractivity contribution in [3.05, 3.63) is 40.3 Å². The zero-order valence-electron chi connectivity index (χ0n) is 10.1. The highest BCUT2D eigenvalue weighted by Crippen LogP contribution is 2.33. The zero-order valence-corrected chi connectivity index (χ0v) is 11.7. The molecule has 4 heteroatoms. The van der Waals surface area contributed by atoms with Crippen molar-refractivity contribution in [3.63, 3.8) is 0 Å². The van der Waals surface area contributed by atoms with Gasteiger partial charge in [-0.1, -0.05) is 0 Å². The van der Waals surface area contributed by atoms with E-state index in [0.29, 0.717) is 6.42 Å². The maximum absolute atomic E-state index is 11.9. The molecule has 18 heavy (non-hydrogen) atoms. The van der Waals surface area contributed by atoms with Gasteiger partial charge in [0.15, 0.2) is 5.78 Å². The number of Topliss-reactive ketones (excluding diaryl/α,β-unsaturated/α-hetero) is 1. The summed E-state index contributed by atoms with van der Waals surface area (Å²) in [5.41, 5.74) is 4.20. The van der Waals surface area contributed by atoms with Crippen LogP contribution in [0.15, 0.2) is 29.0 Å². The van der Waals surface area contributed by atoms with Crippen LogP contribution >= 0.6 is 15.9 Å². The molecule has 2 heterocycles. The number of hydrogen-bond donors (Lipinski definition) is 0. The van der Waals surface area contributed by atoms with E-state index in [0.717, 1.165) is 39.8 Å². The quantitative estimate of drug-likeness (QED) is 0.809. The van der Waals surface area contributed by atoms with Gasteiger partial charge in [0.1, 0.15) is 0 Å². The third-order valence-electron chi connectivity index (χ3n) is 3.52. The number of nitrogens with zero attached hydrogens (tertiary/aromatic N) is 2. The van der Waals surface area contributed by atoms with Crippen LogP contribution in [0.1, 0.15) is 28.9 Å². The average molecular weight is 305 g/mol. The molecule has 0 aromatic carbocycles. The first kappa shape index (κ1) is 11.7. The molecule has 0 amide bonds. The van der Waals surface area contributed by atoms with Gasteiger partial charge in [-0.25, -0.2) is 0 Å². The lowest BCUT2D eigenvalue weighted by Crippen LogP contribution is -2.11. The van der Waals surface area contributed by atoms with Crippen LogP contribution in [0.25, 0.3) is 11.3 Å². The lowest BCUT2D eigenvalue weighted by Gasteiger charge is -2.13. The molecule has 0 bridgehead atoms. The Balaban J connectivity index is 2.20. The van der Waals surface area contributed by atoms with Crippen LogP contribution in [0.4, 0.5) is 0 Å². The standard InChI is InChI=1S/C14H13BrN2O/c1-17-12-3-2-4-14(18)10(12)7-13(17)9-5-6-16-8-11(9)15/h5-8H,2-4H2,1H3. The molecule has 1 aliphatic carbocycles. The molecule has 0 saturated carbocycles. The summed E-state index contributed by atoms with van der Waals surface area (Å²) in [7, 11) is 2.03. The van der Waals surface area contributed by atoms with Crippen LogP contribution < -0.4 is 0 Å². The Hall–Kier alpha value is -1.42. The van der Waals surface area contributed by atoms with Crippen LogP contribution in [0.3, 0.4) is 0 Å². The minimum absolute atomic E-state index is 0.267. The topological polar surface area (TPSA) is 34.9 Å². The molecular formula is C14H13BrN2O. The maximum Gasteiger partial charge on any atom is 0.164 e. The van der Waals surface area contributed by atoms with Gasteiger partial charge in [0.25, 0.3) is 0 Å². The van der Waals surface area contributed by atoms with Gasteiger partial charge in [-0.05, 0) is 40.9 Å². The third kappa shape index (κ3) is 1.72. The van der Waals surface area contributed by atoms with E-state index in [1.165, 1.54) is 0 Å². The lowest BCUT2D eigenvalue weighted by atomic mass is 9.96. The molecule has 0 unspecified atom stereocenters. The highest BCUT2D eigenvalue weighted by atomic mass is 79.9. The van der Waals surface area contributed by atoms with Crippen LogP contribution in [0, 0.1) is 0 Å². The SMILES string of the molecule is Cn1c(-c2ccncc2Br)cc2c1CCCC2=O. The number of carbonyl (C=O) groups excluding carboxylic acids is 1. The molecule has 2 aromatic rings. The number of hydrogen-bond acceptors (Lipinski definition) is 2. The predicted octanol–water partition coefficient (Wildman–Crippen LogP) is 3.37. The van der Waals surface area contributed by atoms with Crippen molar-refractivity contribution in [1.82, 2.24) is 9.55 Å². The first-order valence-corrected chi connectivity index (χ1v) is 6.79. The fraction of sp³-hybridized carbons (Fsp3) is 0.286. The van der Waals surface area contributed by atoms with Gasteiger partial charge in [-0.2, -0.15) is 0 Å². The van der Waals surface area contributed by atoms with E-state index < -0.39 is 0 Å². The van der Waals surface area contributed by atoms with Crippen LogP contribution in [0.2, 0.25) is 0 Å². The van der Waals surface area contributed by atoms with Gasteiger partial charge < -0.3 is 4.57 Å². The van der Waals surface area contributed by atoms with Crippen LogP contribution in [-0.2, 0) is 13.5 Å². The molecule has 0 radical (unpaired) electrons. The molecule has 0 saturated heterocycles. The largest absolute Gasteiger partial charge is 0.347 e. The molecule has 0 atom stereocenters. The number of carbonyl (C=O) groups is 1. The van der Waals surface area contributed by atoms with E-state index in [1.54, 1.807) is 12.4 Å². The number of pyridine rings is 1. The fourth-order valence-corrected chi connectivity index (χ4v) is 3.03. The molecule has 3 nitrogen and oxygen atoms in total. The van der Waals surface area contributed by atoms with E-state index in [2.05, 4.69) is 25.5 Å². The van der Waals surface area contributed by atoms with Gasteiger partial charge in [-0.15, -0.1) is 0 Å². The highest BCUT2D eigenvalue weighted by molar-refractivity contribution is 9.10. The smallest absolute Gasteiger partial charge is 0.164 e. The number of halogens is 1. The van der Waals surface area contributed by atoms with Crippen molar-refractivity contribution in [3.8, 4) is 11.3 Å². The van der Waals surface area contributed by atoms with Crippen molar-refractivity contribution in [2.45, 2.75) is 19.3 Å². The van der Waals surface area contributed by atoms with E-state index in [1.807, 2.05) is 19.2 Å². The summed E-state index contributed by atoms with van der Waals surface area (Å²) in [6, 6.07) is 3.98. The summed E-state index contributed by atoms with van der Waals surface area (Å²) >= 11 is 3.51. The number of aromatic nitrogens is 2. The van der Waals surface area contributed by atoms with E-state index in [-0.39, 0.29) is 5.78 Å². The first-order valence-electron chi connectivity index (χ1n) is 6.00. The third-order valence-corrected chi connectivity index (χ3v) is 4.16. The van der Waals surface area contributed by atoms with Crippen molar-refractivity contribution < 1.29 is 4.79 Å². The van der Waals surface area contributed by atoms with Gasteiger partial charge in [-0.3, -0.25) is 9.78 Å². The molecule has 0 spiro atoms. The van der Waals surface area contributed by atoms with Gasteiger partial charge >= 0.3 is 0 Å². The summed E-state index contributed by atoms with van der Waals surface area (Å²) < 4.78 is 3.09. The Morgan fingerprint density at radius 2 is 2.17 bits per heavy atom. The molecule has 92 valence electrons. The molecule has 0 fully saturated rings. The van der Waals surface area contributed by atoms with Crippen molar-refractivity contribution >= 4 is 21.7 Å². The predicted molar refractivity (Wildman–Crippen MR) is 73.6 cm³/mol. The minimum Gasteiger partial charge on any atom is -0.347 e. The fourth-order valence-electron chi connectivity index (χ4n) is 2.58. The number of rotatable bonds is 1. The monoisotopic (exact) mass is 304 g/mol. The molecular weight excluding hydrogens is 292 g/mol. The Labute approximate surface area is 114 Å². The van der Waals surface area contributed by atoms with Crippen molar-refractivity contribution in [2.75, 3.05) is 0 Å². The Kier molecular flexibility index (Phi) is 2.82.